The van der Waals surface area contributed by atoms with Crippen LogP contribution in [-0.2, 0) is 23.6 Å². The van der Waals surface area contributed by atoms with E-state index in [4.69, 9.17) is 19.9 Å². The summed E-state index contributed by atoms with van der Waals surface area (Å²) in [6.45, 7) is 0.0856. The predicted octanol–water partition coefficient (Wildman–Crippen LogP) is 4.90. The highest BCUT2D eigenvalue weighted by atomic mass is 19.4. The molecule has 0 radical (unpaired) electrons. The minimum atomic E-state index is -4.87. The second-order valence-corrected chi connectivity index (χ2v) is 7.07. The second-order valence-electron chi connectivity index (χ2n) is 7.07. The monoisotopic (exact) mass is 490 g/mol. The molecule has 1 heterocycles. The summed E-state index contributed by atoms with van der Waals surface area (Å²) < 4.78 is 95.1. The van der Waals surface area contributed by atoms with E-state index < -0.39 is 23.7 Å². The Hall–Kier alpha value is -3.48. The summed E-state index contributed by atoms with van der Waals surface area (Å²) >= 11 is 0. The Morgan fingerprint density at radius 3 is 2.24 bits per heavy atom. The number of benzene rings is 2. The minimum Gasteiger partial charge on any atom is -0.493 e. The summed E-state index contributed by atoms with van der Waals surface area (Å²) in [7, 11) is 2.78. The van der Waals surface area contributed by atoms with Gasteiger partial charge in [-0.2, -0.15) is 26.3 Å². The molecule has 3 rings (SSSR count). The van der Waals surface area contributed by atoms with Crippen LogP contribution >= 0.6 is 0 Å². The molecule has 0 atom stereocenters. The maximum absolute atomic E-state index is 13.4. The first-order valence-corrected chi connectivity index (χ1v) is 9.71. The first-order valence-electron chi connectivity index (χ1n) is 9.71. The SMILES string of the molecule is COCCOc1cc2c(NCc3cc(N)cc(C(F)(F)F)c3)nc(C(F)(F)F)nc2cc1OC. The van der Waals surface area contributed by atoms with Crippen LogP contribution in [0.2, 0.25) is 0 Å². The number of nitrogens with zero attached hydrogens (tertiary/aromatic N) is 2. The molecule has 0 saturated heterocycles. The number of hydrogen-bond donors (Lipinski definition) is 2. The summed E-state index contributed by atoms with van der Waals surface area (Å²) in [6, 6.07) is 5.52. The van der Waals surface area contributed by atoms with Gasteiger partial charge in [0.1, 0.15) is 12.4 Å². The van der Waals surface area contributed by atoms with Crippen LogP contribution < -0.4 is 20.5 Å². The third-order valence-corrected chi connectivity index (χ3v) is 4.58. The van der Waals surface area contributed by atoms with Crippen LogP contribution in [0.4, 0.5) is 37.8 Å². The van der Waals surface area contributed by atoms with E-state index in [1.165, 1.54) is 32.4 Å². The summed E-state index contributed by atoms with van der Waals surface area (Å²) in [6.07, 6.45) is -9.51. The van der Waals surface area contributed by atoms with Crippen molar-refractivity contribution >= 4 is 22.4 Å². The van der Waals surface area contributed by atoms with Crippen molar-refractivity contribution in [2.75, 3.05) is 38.5 Å². The van der Waals surface area contributed by atoms with E-state index in [1.807, 2.05) is 0 Å². The highest BCUT2D eigenvalue weighted by Crippen LogP contribution is 2.37. The summed E-state index contributed by atoms with van der Waals surface area (Å²) in [5.41, 5.74) is 4.43. The lowest BCUT2D eigenvalue weighted by atomic mass is 10.1. The van der Waals surface area contributed by atoms with Crippen LogP contribution in [0.5, 0.6) is 11.5 Å². The van der Waals surface area contributed by atoms with Gasteiger partial charge in [-0.15, -0.1) is 0 Å². The molecule has 184 valence electrons. The van der Waals surface area contributed by atoms with Gasteiger partial charge in [0, 0.05) is 30.8 Å². The van der Waals surface area contributed by atoms with E-state index in [2.05, 4.69) is 15.3 Å². The zero-order chi connectivity index (χ0) is 25.1. The molecular formula is C21H20F6N4O3. The molecule has 7 nitrogen and oxygen atoms in total. The van der Waals surface area contributed by atoms with Crippen LogP contribution in [-0.4, -0.2) is 37.4 Å². The van der Waals surface area contributed by atoms with Crippen LogP contribution in [0.1, 0.15) is 17.0 Å². The van der Waals surface area contributed by atoms with Gasteiger partial charge in [0.15, 0.2) is 11.5 Å². The van der Waals surface area contributed by atoms with Crippen LogP contribution in [0.25, 0.3) is 10.9 Å². The van der Waals surface area contributed by atoms with Gasteiger partial charge in [0.05, 0.1) is 24.8 Å². The highest BCUT2D eigenvalue weighted by Gasteiger charge is 2.36. The number of aromatic nitrogens is 2. The molecule has 2 aromatic carbocycles. The zero-order valence-corrected chi connectivity index (χ0v) is 18.0. The molecule has 0 amide bonds. The van der Waals surface area contributed by atoms with E-state index in [0.717, 1.165) is 12.1 Å². The Morgan fingerprint density at radius 1 is 0.882 bits per heavy atom. The number of rotatable bonds is 8. The molecule has 0 fully saturated rings. The van der Waals surface area contributed by atoms with Crippen molar-refractivity contribution in [3.05, 3.63) is 47.3 Å². The Bertz CT molecular complexity index is 1170. The molecule has 34 heavy (non-hydrogen) atoms. The Labute approximate surface area is 189 Å². The van der Waals surface area contributed by atoms with Gasteiger partial charge in [-0.3, -0.25) is 0 Å². The number of nitrogen functional groups attached to an aromatic ring is 1. The van der Waals surface area contributed by atoms with E-state index in [0.29, 0.717) is 0 Å². The molecule has 3 aromatic rings. The van der Waals surface area contributed by atoms with Gasteiger partial charge in [-0.25, -0.2) is 9.97 Å². The zero-order valence-electron chi connectivity index (χ0n) is 18.0. The Morgan fingerprint density at radius 2 is 1.62 bits per heavy atom. The van der Waals surface area contributed by atoms with Gasteiger partial charge >= 0.3 is 12.4 Å². The van der Waals surface area contributed by atoms with E-state index in [-0.39, 0.29) is 59.2 Å². The lowest BCUT2D eigenvalue weighted by Gasteiger charge is -2.16. The number of alkyl halides is 6. The van der Waals surface area contributed by atoms with E-state index >= 15 is 0 Å². The predicted molar refractivity (Wildman–Crippen MR) is 112 cm³/mol. The largest absolute Gasteiger partial charge is 0.493 e. The molecule has 0 aliphatic carbocycles. The fourth-order valence-corrected chi connectivity index (χ4v) is 3.08. The number of hydrogen-bond acceptors (Lipinski definition) is 7. The number of methoxy groups -OCH3 is 2. The molecule has 0 aliphatic rings. The van der Waals surface area contributed by atoms with E-state index in [1.54, 1.807) is 0 Å². The highest BCUT2D eigenvalue weighted by molar-refractivity contribution is 5.92. The Balaban J connectivity index is 2.05. The first kappa shape index (κ1) is 25.1. The lowest BCUT2D eigenvalue weighted by Crippen LogP contribution is -2.14. The van der Waals surface area contributed by atoms with Crippen molar-refractivity contribution in [1.82, 2.24) is 9.97 Å². The molecule has 0 bridgehead atoms. The number of nitrogens with one attached hydrogen (secondary N) is 1. The third kappa shape index (κ3) is 5.90. The van der Waals surface area contributed by atoms with Crippen molar-refractivity contribution in [2.45, 2.75) is 18.9 Å². The maximum atomic E-state index is 13.4. The number of halogens is 6. The first-order chi connectivity index (χ1) is 15.9. The van der Waals surface area contributed by atoms with E-state index in [9.17, 15) is 26.3 Å². The van der Waals surface area contributed by atoms with Crippen molar-refractivity contribution in [2.24, 2.45) is 0 Å². The van der Waals surface area contributed by atoms with Gasteiger partial charge in [-0.05, 0) is 29.8 Å². The maximum Gasteiger partial charge on any atom is 0.451 e. The van der Waals surface area contributed by atoms with Gasteiger partial charge in [0.25, 0.3) is 0 Å². The number of fused-ring (bicyclic) bond motifs is 1. The number of nitrogens with two attached hydrogens (primary N) is 1. The minimum absolute atomic E-state index is 0.0951. The molecule has 1 aromatic heterocycles. The van der Waals surface area contributed by atoms with Gasteiger partial charge in [0.2, 0.25) is 5.82 Å². The van der Waals surface area contributed by atoms with Crippen LogP contribution in [0, 0.1) is 0 Å². The summed E-state index contributed by atoms with van der Waals surface area (Å²) in [5, 5.41) is 2.80. The van der Waals surface area contributed by atoms with Crippen LogP contribution in [0.15, 0.2) is 30.3 Å². The average molecular weight is 490 g/mol. The van der Waals surface area contributed by atoms with Crippen molar-refractivity contribution in [3.63, 3.8) is 0 Å². The van der Waals surface area contributed by atoms with Crippen LogP contribution in [0.3, 0.4) is 0 Å². The normalized spacial score (nSPS) is 12.1. The number of anilines is 2. The average Bonchev–Trinajstić information content (AvgIpc) is 2.75. The summed E-state index contributed by atoms with van der Waals surface area (Å²) in [4.78, 5) is 7.12. The van der Waals surface area contributed by atoms with Crippen molar-refractivity contribution in [3.8, 4) is 11.5 Å². The lowest BCUT2D eigenvalue weighted by molar-refractivity contribution is -0.144. The molecule has 0 unspecified atom stereocenters. The quantitative estimate of drug-likeness (QED) is 0.264. The molecule has 0 aliphatic heterocycles. The molecule has 0 spiro atoms. The smallest absolute Gasteiger partial charge is 0.451 e. The topological polar surface area (TPSA) is 91.5 Å². The van der Waals surface area contributed by atoms with Crippen molar-refractivity contribution < 1.29 is 40.6 Å². The fourth-order valence-electron chi connectivity index (χ4n) is 3.08. The van der Waals surface area contributed by atoms with Gasteiger partial charge in [-0.1, -0.05) is 0 Å². The molecular weight excluding hydrogens is 470 g/mol. The van der Waals surface area contributed by atoms with Crippen molar-refractivity contribution in [1.29, 1.82) is 0 Å². The third-order valence-electron chi connectivity index (χ3n) is 4.58. The molecule has 0 saturated carbocycles. The second kappa shape index (κ2) is 9.79. The number of ether oxygens (including phenoxy) is 3. The molecule has 3 N–H and O–H groups in total. The molecule has 13 heteroatoms. The fraction of sp³-hybridized carbons (Fsp3) is 0.333. The Kier molecular flexibility index (Phi) is 7.24. The van der Waals surface area contributed by atoms with Gasteiger partial charge < -0.3 is 25.3 Å². The summed E-state index contributed by atoms with van der Waals surface area (Å²) in [5.74, 6) is -1.36. The standard InChI is InChI=1S/C21H20F6N4O3/c1-32-3-4-34-17-8-14-15(9-16(17)33-2)30-19(21(25,26)27)31-18(14)29-10-11-5-12(20(22,23)24)7-13(28)6-11/h5-9H,3-4,10,28H2,1-2H3,(H,29,30,31).